The lowest BCUT2D eigenvalue weighted by molar-refractivity contribution is -0.116. The number of benzene rings is 2. The zero-order valence-electron chi connectivity index (χ0n) is 15.3. The maximum Gasteiger partial charge on any atom is 0.240 e. The molecule has 9 heteroatoms. The first-order chi connectivity index (χ1) is 13.3. The Morgan fingerprint density at radius 1 is 1.11 bits per heavy atom. The minimum atomic E-state index is -3.76. The third-order valence-electron chi connectivity index (χ3n) is 4.12. The molecule has 1 amide bonds. The largest absolute Gasteiger partial charge is 0.490 e. The van der Waals surface area contributed by atoms with Gasteiger partial charge in [-0.15, -0.1) is 0 Å². The topological polar surface area (TPSA) is 93.7 Å². The highest BCUT2D eigenvalue weighted by atomic mass is 79.9. The van der Waals surface area contributed by atoms with Crippen LogP contribution in [0.2, 0.25) is 0 Å². The molecule has 7 nitrogen and oxygen atoms in total. The molecule has 0 fully saturated rings. The van der Waals surface area contributed by atoms with E-state index in [4.69, 9.17) is 9.47 Å². The van der Waals surface area contributed by atoms with Crippen molar-refractivity contribution in [1.82, 2.24) is 4.72 Å². The van der Waals surface area contributed by atoms with Gasteiger partial charge in [-0.25, -0.2) is 13.1 Å². The summed E-state index contributed by atoms with van der Waals surface area (Å²) in [7, 11) is -3.76. The summed E-state index contributed by atoms with van der Waals surface area (Å²) in [6, 6.07) is 9.94. The highest BCUT2D eigenvalue weighted by Crippen LogP contribution is 2.31. The van der Waals surface area contributed by atoms with Crippen LogP contribution < -0.4 is 19.5 Å². The van der Waals surface area contributed by atoms with E-state index in [1.165, 1.54) is 12.1 Å². The number of aryl methyl sites for hydroxylation is 1. The summed E-state index contributed by atoms with van der Waals surface area (Å²) >= 11 is 3.40. The van der Waals surface area contributed by atoms with Crippen LogP contribution in [0.15, 0.2) is 45.8 Å². The lowest BCUT2D eigenvalue weighted by atomic mass is 10.2. The van der Waals surface area contributed by atoms with Crippen molar-refractivity contribution in [3.8, 4) is 11.5 Å². The molecule has 0 aromatic heterocycles. The molecule has 0 atom stereocenters. The molecule has 1 aliphatic rings. The van der Waals surface area contributed by atoms with Gasteiger partial charge < -0.3 is 14.8 Å². The highest BCUT2D eigenvalue weighted by molar-refractivity contribution is 9.10. The van der Waals surface area contributed by atoms with Gasteiger partial charge in [0, 0.05) is 35.6 Å². The fourth-order valence-corrected chi connectivity index (χ4v) is 3.93. The Bertz CT molecular complexity index is 978. The number of anilines is 1. The van der Waals surface area contributed by atoms with E-state index in [9.17, 15) is 13.2 Å². The first-order valence-electron chi connectivity index (χ1n) is 8.80. The Morgan fingerprint density at radius 2 is 1.86 bits per heavy atom. The van der Waals surface area contributed by atoms with E-state index in [1.807, 2.05) is 19.1 Å². The second-order valence-electron chi connectivity index (χ2n) is 6.32. The van der Waals surface area contributed by atoms with Crippen LogP contribution in [-0.2, 0) is 14.8 Å². The van der Waals surface area contributed by atoms with Crippen molar-refractivity contribution in [2.24, 2.45) is 0 Å². The fourth-order valence-electron chi connectivity index (χ4n) is 2.64. The predicted octanol–water partition coefficient (Wildman–Crippen LogP) is 3.23. The van der Waals surface area contributed by atoms with Crippen LogP contribution in [0.1, 0.15) is 18.4 Å². The third kappa shape index (κ3) is 5.24. The minimum absolute atomic E-state index is 0.0128. The van der Waals surface area contributed by atoms with Crippen molar-refractivity contribution in [2.45, 2.75) is 24.7 Å². The van der Waals surface area contributed by atoms with Gasteiger partial charge in [0.2, 0.25) is 15.9 Å². The van der Waals surface area contributed by atoms with Crippen molar-refractivity contribution in [1.29, 1.82) is 0 Å². The normalized spacial score (nSPS) is 13.6. The van der Waals surface area contributed by atoms with Crippen LogP contribution >= 0.6 is 15.9 Å². The molecule has 150 valence electrons. The molecule has 0 radical (unpaired) electrons. The molecule has 28 heavy (non-hydrogen) atoms. The summed E-state index contributed by atoms with van der Waals surface area (Å²) in [5.41, 5.74) is 1.66. The number of sulfonamides is 1. The van der Waals surface area contributed by atoms with Crippen molar-refractivity contribution >= 4 is 37.5 Å². The van der Waals surface area contributed by atoms with Gasteiger partial charge in [-0.2, -0.15) is 0 Å². The van der Waals surface area contributed by atoms with Gasteiger partial charge in [0.25, 0.3) is 0 Å². The number of hydrogen-bond donors (Lipinski definition) is 2. The van der Waals surface area contributed by atoms with Crippen LogP contribution in [0.3, 0.4) is 0 Å². The molecule has 0 aliphatic carbocycles. The summed E-state index contributed by atoms with van der Waals surface area (Å²) in [5.74, 6) is 0.660. The number of rotatable bonds is 6. The SMILES string of the molecule is Cc1cc(NC(=O)CCNS(=O)(=O)c2ccc3c(c2)OCCCO3)ccc1Br. The van der Waals surface area contributed by atoms with E-state index in [0.717, 1.165) is 16.5 Å². The number of halogens is 1. The summed E-state index contributed by atoms with van der Waals surface area (Å²) in [4.78, 5) is 12.1. The van der Waals surface area contributed by atoms with Crippen LogP contribution in [0, 0.1) is 6.92 Å². The van der Waals surface area contributed by atoms with Gasteiger partial charge in [-0.3, -0.25) is 4.79 Å². The zero-order valence-corrected chi connectivity index (χ0v) is 17.7. The number of hydrogen-bond acceptors (Lipinski definition) is 5. The molecular weight excluding hydrogens is 448 g/mol. The van der Waals surface area contributed by atoms with E-state index in [2.05, 4.69) is 26.0 Å². The molecule has 0 spiro atoms. The molecule has 2 aromatic carbocycles. The number of fused-ring (bicyclic) bond motifs is 1. The number of carbonyl (C=O) groups excluding carboxylic acids is 1. The molecule has 0 unspecified atom stereocenters. The van der Waals surface area contributed by atoms with E-state index in [1.54, 1.807) is 12.1 Å². The maximum absolute atomic E-state index is 12.5. The number of nitrogens with one attached hydrogen (secondary N) is 2. The fraction of sp³-hybridized carbons (Fsp3) is 0.316. The van der Waals surface area contributed by atoms with Crippen molar-refractivity contribution in [3.63, 3.8) is 0 Å². The zero-order chi connectivity index (χ0) is 20.1. The van der Waals surface area contributed by atoms with E-state index >= 15 is 0 Å². The number of carbonyl (C=O) groups is 1. The smallest absolute Gasteiger partial charge is 0.240 e. The molecule has 2 aromatic rings. The Morgan fingerprint density at radius 3 is 2.61 bits per heavy atom. The van der Waals surface area contributed by atoms with Gasteiger partial charge >= 0.3 is 0 Å². The molecule has 0 saturated carbocycles. The summed E-state index contributed by atoms with van der Waals surface area (Å²) < 4.78 is 39.4. The van der Waals surface area contributed by atoms with Crippen LogP contribution in [0.25, 0.3) is 0 Å². The quantitative estimate of drug-likeness (QED) is 0.678. The first-order valence-corrected chi connectivity index (χ1v) is 11.1. The minimum Gasteiger partial charge on any atom is -0.490 e. The van der Waals surface area contributed by atoms with E-state index in [-0.39, 0.29) is 23.8 Å². The molecular formula is C19H21BrN2O5S. The molecule has 1 heterocycles. The second kappa shape index (κ2) is 8.93. The van der Waals surface area contributed by atoms with Crippen LogP contribution in [-0.4, -0.2) is 34.1 Å². The average Bonchev–Trinajstić information content (AvgIpc) is 2.89. The van der Waals surface area contributed by atoms with Crippen LogP contribution in [0.4, 0.5) is 5.69 Å². The Labute approximate surface area is 172 Å². The van der Waals surface area contributed by atoms with Gasteiger partial charge in [0.1, 0.15) is 0 Å². The average molecular weight is 469 g/mol. The summed E-state index contributed by atoms with van der Waals surface area (Å²) in [6.45, 7) is 2.91. The lowest BCUT2D eigenvalue weighted by Gasteiger charge is -2.11. The Kier molecular flexibility index (Phi) is 6.58. The molecule has 2 N–H and O–H groups in total. The maximum atomic E-state index is 12.5. The van der Waals surface area contributed by atoms with Gasteiger partial charge in [0.05, 0.1) is 18.1 Å². The molecule has 0 saturated heterocycles. The Balaban J connectivity index is 1.56. The standard InChI is InChI=1S/C19H21BrN2O5S/c1-13-11-14(3-5-16(13)20)22-19(23)7-8-21-28(24,25)15-4-6-17-18(12-15)27-10-2-9-26-17/h3-6,11-12,21H,2,7-10H2,1H3,(H,22,23). The summed E-state index contributed by atoms with van der Waals surface area (Å²) in [5, 5.41) is 2.75. The van der Waals surface area contributed by atoms with Crippen LogP contribution in [0.5, 0.6) is 11.5 Å². The van der Waals surface area contributed by atoms with Crippen molar-refractivity contribution in [3.05, 3.63) is 46.4 Å². The molecule has 3 rings (SSSR count). The predicted molar refractivity (Wildman–Crippen MR) is 109 cm³/mol. The summed E-state index contributed by atoms with van der Waals surface area (Å²) in [6.07, 6.45) is 0.751. The van der Waals surface area contributed by atoms with Gasteiger partial charge in [-0.05, 0) is 42.8 Å². The second-order valence-corrected chi connectivity index (χ2v) is 8.94. The first kappa shape index (κ1) is 20.6. The molecule has 0 bridgehead atoms. The van der Waals surface area contributed by atoms with Gasteiger partial charge in [0.15, 0.2) is 11.5 Å². The monoisotopic (exact) mass is 468 g/mol. The molecule has 1 aliphatic heterocycles. The number of ether oxygens (including phenoxy) is 2. The van der Waals surface area contributed by atoms with Crippen molar-refractivity contribution in [2.75, 3.05) is 25.1 Å². The lowest BCUT2D eigenvalue weighted by Crippen LogP contribution is -2.27. The van der Waals surface area contributed by atoms with E-state index in [0.29, 0.717) is 30.4 Å². The number of amides is 1. The van der Waals surface area contributed by atoms with E-state index < -0.39 is 10.0 Å². The van der Waals surface area contributed by atoms with Crippen molar-refractivity contribution < 1.29 is 22.7 Å². The Hall–Kier alpha value is -2.10. The van der Waals surface area contributed by atoms with Gasteiger partial charge in [-0.1, -0.05) is 15.9 Å². The highest BCUT2D eigenvalue weighted by Gasteiger charge is 2.19. The third-order valence-corrected chi connectivity index (χ3v) is 6.46.